The van der Waals surface area contributed by atoms with Crippen LogP contribution in [0.5, 0.6) is 5.75 Å². The van der Waals surface area contributed by atoms with Gasteiger partial charge in [-0.3, -0.25) is 4.79 Å². The Labute approximate surface area is 129 Å². The van der Waals surface area contributed by atoms with Gasteiger partial charge in [-0.15, -0.1) is 10.2 Å². The molecule has 2 rings (SSSR count). The van der Waals surface area contributed by atoms with Crippen molar-refractivity contribution < 1.29 is 9.53 Å². The monoisotopic (exact) mass is 300 g/mol. The van der Waals surface area contributed by atoms with E-state index in [9.17, 15) is 4.79 Å². The second-order valence-corrected chi connectivity index (χ2v) is 5.31. The number of aromatic nitrogens is 2. The number of carbonyl (C=O) groups is 1. The molecule has 1 unspecified atom stereocenters. The third kappa shape index (κ3) is 3.72. The first-order chi connectivity index (χ1) is 10.5. The number of hydrogen-bond donors (Lipinski definition) is 2. The Hall–Kier alpha value is -2.63. The zero-order chi connectivity index (χ0) is 16.1. The van der Waals surface area contributed by atoms with Gasteiger partial charge in [0.1, 0.15) is 11.6 Å². The van der Waals surface area contributed by atoms with E-state index in [0.717, 1.165) is 11.3 Å². The van der Waals surface area contributed by atoms with Crippen LogP contribution < -0.4 is 15.8 Å². The number of nitrogens with two attached hydrogens (primary N) is 1. The van der Waals surface area contributed by atoms with Crippen molar-refractivity contribution in [1.29, 1.82) is 0 Å². The zero-order valence-electron chi connectivity index (χ0n) is 12.9. The van der Waals surface area contributed by atoms with Crippen molar-refractivity contribution >= 4 is 11.7 Å². The number of nitrogens with one attached hydrogen (secondary N) is 1. The summed E-state index contributed by atoms with van der Waals surface area (Å²) in [4.78, 5) is 11.0. The van der Waals surface area contributed by atoms with Crippen LogP contribution in [0.2, 0.25) is 0 Å². The van der Waals surface area contributed by atoms with Crippen molar-refractivity contribution in [2.75, 3.05) is 12.4 Å². The molecule has 1 aromatic heterocycles. The lowest BCUT2D eigenvalue weighted by Gasteiger charge is -2.23. The van der Waals surface area contributed by atoms with Crippen molar-refractivity contribution in [1.82, 2.24) is 10.2 Å². The molecule has 1 amide bonds. The first-order valence-corrected chi connectivity index (χ1v) is 7.05. The first-order valence-electron chi connectivity index (χ1n) is 7.05. The summed E-state index contributed by atoms with van der Waals surface area (Å²) in [6, 6.07) is 11.2. The molecule has 1 atom stereocenters. The molecule has 0 aliphatic rings. The fourth-order valence-electron chi connectivity index (χ4n) is 2.15. The van der Waals surface area contributed by atoms with Crippen LogP contribution in [0.15, 0.2) is 36.4 Å². The summed E-state index contributed by atoms with van der Waals surface area (Å²) in [6.07, 6.45) is 0. The van der Waals surface area contributed by atoms with Gasteiger partial charge in [0.2, 0.25) is 0 Å². The number of amides is 1. The topological polar surface area (TPSA) is 90.1 Å². The highest BCUT2D eigenvalue weighted by Gasteiger charge is 2.16. The van der Waals surface area contributed by atoms with Gasteiger partial charge in [-0.1, -0.05) is 26.0 Å². The molecule has 6 nitrogen and oxygen atoms in total. The largest absolute Gasteiger partial charge is 0.497 e. The molecular formula is C16H20N4O2. The van der Waals surface area contributed by atoms with E-state index in [1.54, 1.807) is 19.2 Å². The average molecular weight is 300 g/mol. The van der Waals surface area contributed by atoms with E-state index in [4.69, 9.17) is 10.5 Å². The lowest BCUT2D eigenvalue weighted by atomic mass is 9.96. The number of primary amides is 1. The van der Waals surface area contributed by atoms with Crippen LogP contribution in [0.25, 0.3) is 0 Å². The smallest absolute Gasteiger partial charge is 0.269 e. The first kappa shape index (κ1) is 15.8. The van der Waals surface area contributed by atoms with E-state index in [1.165, 1.54) is 0 Å². The van der Waals surface area contributed by atoms with Crippen LogP contribution >= 0.6 is 0 Å². The molecule has 0 aliphatic carbocycles. The van der Waals surface area contributed by atoms with Gasteiger partial charge in [-0.25, -0.2) is 0 Å². The second-order valence-electron chi connectivity index (χ2n) is 5.31. The van der Waals surface area contributed by atoms with E-state index in [-0.39, 0.29) is 11.7 Å². The summed E-state index contributed by atoms with van der Waals surface area (Å²) in [5.41, 5.74) is 6.43. The SMILES string of the molecule is COc1ccc(C(Nc2ccc(C(N)=O)nn2)C(C)C)cc1. The Balaban J connectivity index is 2.19. The molecule has 116 valence electrons. The van der Waals surface area contributed by atoms with E-state index < -0.39 is 5.91 Å². The molecule has 1 aromatic carbocycles. The van der Waals surface area contributed by atoms with Gasteiger partial charge >= 0.3 is 0 Å². The average Bonchev–Trinajstić information content (AvgIpc) is 2.53. The zero-order valence-corrected chi connectivity index (χ0v) is 12.9. The van der Waals surface area contributed by atoms with Crippen molar-refractivity contribution in [3.8, 4) is 5.75 Å². The summed E-state index contributed by atoms with van der Waals surface area (Å²) in [5, 5.41) is 11.1. The van der Waals surface area contributed by atoms with Crippen molar-refractivity contribution in [3.63, 3.8) is 0 Å². The number of carbonyl (C=O) groups excluding carboxylic acids is 1. The number of rotatable bonds is 6. The van der Waals surface area contributed by atoms with Crippen LogP contribution in [-0.4, -0.2) is 23.2 Å². The number of methoxy groups -OCH3 is 1. The van der Waals surface area contributed by atoms with Gasteiger partial charge in [-0.05, 0) is 35.7 Å². The minimum absolute atomic E-state index is 0.0691. The van der Waals surface area contributed by atoms with E-state index >= 15 is 0 Å². The molecule has 0 radical (unpaired) electrons. The maximum Gasteiger partial charge on any atom is 0.269 e. The minimum Gasteiger partial charge on any atom is -0.497 e. The van der Waals surface area contributed by atoms with E-state index in [1.807, 2.05) is 24.3 Å². The number of hydrogen-bond acceptors (Lipinski definition) is 5. The number of anilines is 1. The Morgan fingerprint density at radius 1 is 1.14 bits per heavy atom. The predicted molar refractivity (Wildman–Crippen MR) is 84.7 cm³/mol. The number of ether oxygens (including phenoxy) is 1. The molecule has 1 heterocycles. The third-order valence-corrected chi connectivity index (χ3v) is 3.36. The van der Waals surface area contributed by atoms with E-state index in [2.05, 4.69) is 29.4 Å². The molecule has 22 heavy (non-hydrogen) atoms. The standard InChI is InChI=1S/C16H20N4O2/c1-10(2)15(11-4-6-12(22-3)7-5-11)18-14-9-8-13(16(17)21)19-20-14/h4-10,15H,1-3H3,(H2,17,21)(H,18,20). The molecule has 0 saturated carbocycles. The van der Waals surface area contributed by atoms with Crippen molar-refractivity contribution in [3.05, 3.63) is 47.7 Å². The summed E-state index contributed by atoms with van der Waals surface area (Å²) in [5.74, 6) is 1.16. The molecular weight excluding hydrogens is 280 g/mol. The summed E-state index contributed by atoms with van der Waals surface area (Å²) < 4.78 is 5.18. The molecule has 0 bridgehead atoms. The lowest BCUT2D eigenvalue weighted by molar-refractivity contribution is 0.0994. The van der Waals surface area contributed by atoms with Crippen LogP contribution in [-0.2, 0) is 0 Å². The molecule has 0 aliphatic heterocycles. The Bertz CT molecular complexity index is 624. The fraction of sp³-hybridized carbons (Fsp3) is 0.312. The van der Waals surface area contributed by atoms with Crippen LogP contribution in [0.1, 0.15) is 35.9 Å². The minimum atomic E-state index is -0.588. The van der Waals surface area contributed by atoms with Gasteiger partial charge in [0.15, 0.2) is 5.69 Å². The van der Waals surface area contributed by atoms with E-state index in [0.29, 0.717) is 11.7 Å². The molecule has 0 spiro atoms. The van der Waals surface area contributed by atoms with Gasteiger partial charge in [0.25, 0.3) is 5.91 Å². The Kier molecular flexibility index (Phi) is 4.93. The van der Waals surface area contributed by atoms with Crippen LogP contribution in [0, 0.1) is 5.92 Å². The molecule has 0 fully saturated rings. The summed E-state index contributed by atoms with van der Waals surface area (Å²) in [6.45, 7) is 4.24. The van der Waals surface area contributed by atoms with Crippen LogP contribution in [0.4, 0.5) is 5.82 Å². The van der Waals surface area contributed by atoms with Gasteiger partial charge in [0, 0.05) is 0 Å². The lowest BCUT2D eigenvalue weighted by Crippen LogP contribution is -2.19. The van der Waals surface area contributed by atoms with Gasteiger partial charge in [-0.2, -0.15) is 0 Å². The maximum atomic E-state index is 11.0. The predicted octanol–water partition coefficient (Wildman–Crippen LogP) is 2.39. The van der Waals surface area contributed by atoms with Crippen molar-refractivity contribution in [2.24, 2.45) is 11.7 Å². The third-order valence-electron chi connectivity index (χ3n) is 3.36. The molecule has 0 saturated heterocycles. The second kappa shape index (κ2) is 6.89. The highest BCUT2D eigenvalue weighted by atomic mass is 16.5. The van der Waals surface area contributed by atoms with Gasteiger partial charge in [0.05, 0.1) is 13.2 Å². The van der Waals surface area contributed by atoms with Crippen molar-refractivity contribution in [2.45, 2.75) is 19.9 Å². The molecule has 2 aromatic rings. The molecule has 6 heteroatoms. The normalized spacial score (nSPS) is 12.0. The molecule has 3 N–H and O–H groups in total. The Morgan fingerprint density at radius 2 is 1.82 bits per heavy atom. The Morgan fingerprint density at radius 3 is 2.27 bits per heavy atom. The highest BCUT2D eigenvalue weighted by Crippen LogP contribution is 2.27. The fourth-order valence-corrected chi connectivity index (χ4v) is 2.15. The number of benzene rings is 1. The number of nitrogens with zero attached hydrogens (tertiary/aromatic N) is 2. The van der Waals surface area contributed by atoms with Crippen LogP contribution in [0.3, 0.4) is 0 Å². The summed E-state index contributed by atoms with van der Waals surface area (Å²) >= 11 is 0. The maximum absolute atomic E-state index is 11.0. The quantitative estimate of drug-likeness (QED) is 0.855. The summed E-state index contributed by atoms with van der Waals surface area (Å²) in [7, 11) is 1.64. The van der Waals surface area contributed by atoms with Gasteiger partial charge < -0.3 is 15.8 Å². The highest BCUT2D eigenvalue weighted by molar-refractivity contribution is 5.90.